The van der Waals surface area contributed by atoms with E-state index in [2.05, 4.69) is 10.3 Å². The van der Waals surface area contributed by atoms with Gasteiger partial charge in [-0.3, -0.25) is 9.59 Å². The van der Waals surface area contributed by atoms with Crippen molar-refractivity contribution in [3.8, 4) is 0 Å². The lowest BCUT2D eigenvalue weighted by Gasteiger charge is -2.15. The molecule has 2 aromatic rings. The summed E-state index contributed by atoms with van der Waals surface area (Å²) < 4.78 is 1.62. The highest BCUT2D eigenvalue weighted by molar-refractivity contribution is 5.97. The maximum absolute atomic E-state index is 12.1. The van der Waals surface area contributed by atoms with Gasteiger partial charge < -0.3 is 10.0 Å². The van der Waals surface area contributed by atoms with Crippen molar-refractivity contribution in [1.29, 1.82) is 0 Å². The molecule has 1 aromatic carbocycles. The fourth-order valence-electron chi connectivity index (χ4n) is 1.76. The molecule has 0 atom stereocenters. The summed E-state index contributed by atoms with van der Waals surface area (Å²) in [4.78, 5) is 23.9. The van der Waals surface area contributed by atoms with Crippen LogP contribution in [-0.4, -0.2) is 50.5 Å². The highest BCUT2D eigenvalue weighted by atomic mass is 16.4. The van der Waals surface area contributed by atoms with Crippen LogP contribution >= 0.6 is 0 Å². The first-order valence-electron chi connectivity index (χ1n) is 5.75. The van der Waals surface area contributed by atoms with Crippen molar-refractivity contribution in [1.82, 2.24) is 19.9 Å². The Kier molecular flexibility index (Phi) is 3.46. The van der Waals surface area contributed by atoms with Gasteiger partial charge in [0, 0.05) is 26.2 Å². The summed E-state index contributed by atoms with van der Waals surface area (Å²) in [5, 5.41) is 16.4. The second kappa shape index (κ2) is 5.05. The lowest BCUT2D eigenvalue weighted by Crippen LogP contribution is -2.29. The third kappa shape index (κ3) is 2.70. The third-order valence-electron chi connectivity index (χ3n) is 2.87. The zero-order valence-electron chi connectivity index (χ0n) is 10.7. The summed E-state index contributed by atoms with van der Waals surface area (Å²) >= 11 is 0. The van der Waals surface area contributed by atoms with E-state index in [1.54, 1.807) is 37.0 Å². The predicted molar refractivity (Wildman–Crippen MR) is 67.7 cm³/mol. The number of benzene rings is 1. The van der Waals surface area contributed by atoms with E-state index < -0.39 is 5.97 Å². The molecule has 0 bridgehead atoms. The van der Waals surface area contributed by atoms with Crippen LogP contribution in [0.5, 0.6) is 0 Å². The van der Waals surface area contributed by atoms with Gasteiger partial charge in [-0.1, -0.05) is 5.21 Å². The summed E-state index contributed by atoms with van der Waals surface area (Å²) in [5.41, 5.74) is 1.95. The molecule has 0 unspecified atom stereocenters. The molecule has 7 heteroatoms. The van der Waals surface area contributed by atoms with Crippen LogP contribution in [0.2, 0.25) is 0 Å². The van der Waals surface area contributed by atoms with Gasteiger partial charge in [0.25, 0.3) is 5.91 Å². The van der Waals surface area contributed by atoms with Crippen LogP contribution in [0.25, 0.3) is 11.0 Å². The molecule has 0 radical (unpaired) electrons. The standard InChI is InChI=1S/C12H14N4O3/c1-15(6-5-11(17)18)12(19)8-3-4-10-9(7-8)13-14-16(10)2/h3-4,7H,5-6H2,1-2H3,(H,17,18). The van der Waals surface area contributed by atoms with Crippen LogP contribution in [0.3, 0.4) is 0 Å². The fourth-order valence-corrected chi connectivity index (χ4v) is 1.76. The maximum atomic E-state index is 12.1. The van der Waals surface area contributed by atoms with Crippen molar-refractivity contribution >= 4 is 22.9 Å². The van der Waals surface area contributed by atoms with E-state index in [4.69, 9.17) is 5.11 Å². The smallest absolute Gasteiger partial charge is 0.305 e. The van der Waals surface area contributed by atoms with E-state index in [-0.39, 0.29) is 18.9 Å². The van der Waals surface area contributed by atoms with Crippen LogP contribution in [0.15, 0.2) is 18.2 Å². The lowest BCUT2D eigenvalue weighted by molar-refractivity contribution is -0.137. The molecule has 1 amide bonds. The average molecular weight is 262 g/mol. The first-order chi connectivity index (χ1) is 8.99. The summed E-state index contributed by atoms with van der Waals surface area (Å²) in [6.45, 7) is 0.173. The number of carbonyl (C=O) groups is 2. The highest BCUT2D eigenvalue weighted by Gasteiger charge is 2.14. The summed E-state index contributed by atoms with van der Waals surface area (Å²) in [6, 6.07) is 5.11. The van der Waals surface area contributed by atoms with Crippen LogP contribution < -0.4 is 0 Å². The van der Waals surface area contributed by atoms with E-state index >= 15 is 0 Å². The molecule has 2 rings (SSSR count). The van der Waals surface area contributed by atoms with Gasteiger partial charge >= 0.3 is 5.97 Å². The molecule has 100 valence electrons. The first kappa shape index (κ1) is 13.0. The molecule has 1 aromatic heterocycles. The fraction of sp³-hybridized carbons (Fsp3) is 0.333. The van der Waals surface area contributed by atoms with Crippen molar-refractivity contribution in [2.24, 2.45) is 7.05 Å². The Morgan fingerprint density at radius 3 is 2.84 bits per heavy atom. The number of fused-ring (bicyclic) bond motifs is 1. The van der Waals surface area contributed by atoms with Gasteiger partial charge in [-0.2, -0.15) is 0 Å². The molecule has 0 aliphatic heterocycles. The number of aryl methyl sites for hydroxylation is 1. The van der Waals surface area contributed by atoms with Gasteiger partial charge in [-0.15, -0.1) is 5.10 Å². The van der Waals surface area contributed by atoms with Crippen LogP contribution in [0, 0.1) is 0 Å². The minimum absolute atomic E-state index is 0.0738. The lowest BCUT2D eigenvalue weighted by atomic mass is 10.1. The Morgan fingerprint density at radius 1 is 1.42 bits per heavy atom. The Hall–Kier alpha value is -2.44. The van der Waals surface area contributed by atoms with E-state index in [0.717, 1.165) is 5.52 Å². The van der Waals surface area contributed by atoms with Crippen LogP contribution in [-0.2, 0) is 11.8 Å². The second-order valence-corrected chi connectivity index (χ2v) is 4.29. The zero-order chi connectivity index (χ0) is 14.0. The van der Waals surface area contributed by atoms with Gasteiger partial charge in [-0.25, -0.2) is 4.68 Å². The molecule has 0 saturated heterocycles. The van der Waals surface area contributed by atoms with Crippen molar-refractivity contribution in [3.05, 3.63) is 23.8 Å². The number of carboxylic acids is 1. The number of hydrogen-bond donors (Lipinski definition) is 1. The molecule has 19 heavy (non-hydrogen) atoms. The van der Waals surface area contributed by atoms with Gasteiger partial charge in [0.2, 0.25) is 0 Å². The number of hydrogen-bond acceptors (Lipinski definition) is 4. The third-order valence-corrected chi connectivity index (χ3v) is 2.87. The summed E-state index contributed by atoms with van der Waals surface area (Å²) in [5.74, 6) is -1.15. The second-order valence-electron chi connectivity index (χ2n) is 4.29. The van der Waals surface area contributed by atoms with E-state index in [1.807, 2.05) is 0 Å². The quantitative estimate of drug-likeness (QED) is 0.867. The largest absolute Gasteiger partial charge is 0.481 e. The number of carboxylic acid groups (broad SMARTS) is 1. The first-order valence-corrected chi connectivity index (χ1v) is 5.75. The molecule has 0 aliphatic rings. The molecule has 1 heterocycles. The molecular weight excluding hydrogens is 248 g/mol. The van der Waals surface area contributed by atoms with Crippen LogP contribution in [0.4, 0.5) is 0 Å². The van der Waals surface area contributed by atoms with Gasteiger partial charge in [0.15, 0.2) is 0 Å². The summed E-state index contributed by atoms with van der Waals surface area (Å²) in [7, 11) is 3.35. The highest BCUT2D eigenvalue weighted by Crippen LogP contribution is 2.13. The average Bonchev–Trinajstić information content (AvgIpc) is 2.76. The monoisotopic (exact) mass is 262 g/mol. The predicted octanol–water partition coefficient (Wildman–Crippen LogP) is 0.515. The number of carbonyl (C=O) groups excluding carboxylic acids is 1. The van der Waals surface area contributed by atoms with E-state index in [0.29, 0.717) is 11.1 Å². The molecule has 0 saturated carbocycles. The Bertz CT molecular complexity index is 635. The molecule has 0 fully saturated rings. The molecular formula is C12H14N4O3. The normalized spacial score (nSPS) is 10.6. The Morgan fingerprint density at radius 2 is 2.16 bits per heavy atom. The SMILES string of the molecule is CN(CCC(=O)O)C(=O)c1ccc2c(c1)nnn2C. The number of rotatable bonds is 4. The summed E-state index contributed by atoms with van der Waals surface area (Å²) in [6.07, 6.45) is -0.0738. The zero-order valence-corrected chi connectivity index (χ0v) is 10.7. The molecule has 0 aliphatic carbocycles. The van der Waals surface area contributed by atoms with Crippen molar-refractivity contribution in [2.45, 2.75) is 6.42 Å². The van der Waals surface area contributed by atoms with Crippen molar-refractivity contribution in [2.75, 3.05) is 13.6 Å². The van der Waals surface area contributed by atoms with Gasteiger partial charge in [-0.05, 0) is 18.2 Å². The van der Waals surface area contributed by atoms with Crippen molar-refractivity contribution < 1.29 is 14.7 Å². The number of amides is 1. The minimum atomic E-state index is -0.927. The minimum Gasteiger partial charge on any atom is -0.481 e. The Balaban J connectivity index is 2.18. The van der Waals surface area contributed by atoms with Crippen molar-refractivity contribution in [3.63, 3.8) is 0 Å². The number of aliphatic carboxylic acids is 1. The van der Waals surface area contributed by atoms with Crippen LogP contribution in [0.1, 0.15) is 16.8 Å². The maximum Gasteiger partial charge on any atom is 0.305 e. The number of nitrogens with zero attached hydrogens (tertiary/aromatic N) is 4. The number of aromatic nitrogens is 3. The van der Waals surface area contributed by atoms with E-state index in [1.165, 1.54) is 4.90 Å². The van der Waals surface area contributed by atoms with Gasteiger partial charge in [0.05, 0.1) is 11.9 Å². The molecule has 7 nitrogen and oxygen atoms in total. The van der Waals surface area contributed by atoms with E-state index in [9.17, 15) is 9.59 Å². The topological polar surface area (TPSA) is 88.3 Å². The molecule has 1 N–H and O–H groups in total. The van der Waals surface area contributed by atoms with Gasteiger partial charge in [0.1, 0.15) is 5.52 Å². The Labute approximate surface area is 109 Å². The molecule has 0 spiro atoms.